The normalized spacial score (nSPS) is 10.4. The lowest BCUT2D eigenvalue weighted by molar-refractivity contribution is -0.122. The van der Waals surface area contributed by atoms with Crippen LogP contribution >= 0.6 is 0 Å². The van der Waals surface area contributed by atoms with Crippen LogP contribution in [0.4, 0.5) is 0 Å². The van der Waals surface area contributed by atoms with Crippen LogP contribution in [0.25, 0.3) is 0 Å². The van der Waals surface area contributed by atoms with Crippen molar-refractivity contribution in [2.45, 2.75) is 33.1 Å². The van der Waals surface area contributed by atoms with Crippen molar-refractivity contribution in [3.05, 3.63) is 0 Å². The largest absolute Gasteiger partial charge is 0.299 e. The molecule has 1 radical (unpaired) electrons. The molecule has 0 N–H and O–H groups in total. The summed E-state index contributed by atoms with van der Waals surface area (Å²) in [4.78, 5) is 10.9. The fourth-order valence-corrected chi connectivity index (χ4v) is 0.690. The van der Waals surface area contributed by atoms with Crippen molar-refractivity contribution in [2.75, 3.05) is 6.61 Å². The minimum atomic E-state index is -0.0502. The Morgan fingerprint density at radius 3 is 2.30 bits per heavy atom. The van der Waals surface area contributed by atoms with Gasteiger partial charge in [-0.3, -0.25) is 4.79 Å². The van der Waals surface area contributed by atoms with Crippen LogP contribution in [0, 0.1) is 5.92 Å². The van der Waals surface area contributed by atoms with Gasteiger partial charge < -0.3 is 0 Å². The molecule has 0 aromatic heterocycles. The minimum absolute atomic E-state index is 0.0502. The van der Waals surface area contributed by atoms with Crippen LogP contribution < -0.4 is 0 Å². The van der Waals surface area contributed by atoms with Crippen molar-refractivity contribution in [1.82, 2.24) is 0 Å². The number of ketones is 1. The number of carbonyl (C=O) groups excluding carboxylic acids is 1. The van der Waals surface area contributed by atoms with Crippen molar-refractivity contribution in [2.24, 2.45) is 5.92 Å². The molecule has 2 nitrogen and oxygen atoms in total. The molecule has 0 saturated heterocycles. The van der Waals surface area contributed by atoms with Crippen LogP contribution in [0.2, 0.25) is 0 Å². The summed E-state index contributed by atoms with van der Waals surface area (Å²) >= 11 is 0. The molecule has 0 spiro atoms. The number of Topliss-reactive ketones (excluding diaryl/α,β-unsaturated/α-hetero) is 1. The minimum Gasteiger partial charge on any atom is -0.299 e. The first-order chi connectivity index (χ1) is 4.68. The molecule has 0 amide bonds. The Morgan fingerprint density at radius 2 is 1.90 bits per heavy atom. The van der Waals surface area contributed by atoms with Crippen LogP contribution in [0.5, 0.6) is 0 Å². The highest BCUT2D eigenvalue weighted by Gasteiger charge is 2.05. The third kappa shape index (κ3) is 4.50. The molecule has 0 fully saturated rings. The Kier molecular flexibility index (Phi) is 5.22. The highest BCUT2D eigenvalue weighted by molar-refractivity contribution is 5.80. The zero-order valence-electron chi connectivity index (χ0n) is 6.72. The Balaban J connectivity index is 3.22. The Labute approximate surface area is 62.2 Å². The molecule has 0 aromatic carbocycles. The van der Waals surface area contributed by atoms with E-state index in [1.165, 1.54) is 0 Å². The molecule has 0 atom stereocenters. The molecule has 59 valence electrons. The summed E-state index contributed by atoms with van der Waals surface area (Å²) in [5.41, 5.74) is 0. The van der Waals surface area contributed by atoms with Gasteiger partial charge in [-0.2, -0.15) is 0 Å². The monoisotopic (exact) mass is 143 g/mol. The van der Waals surface area contributed by atoms with Crippen LogP contribution in [-0.4, -0.2) is 12.4 Å². The second kappa shape index (κ2) is 5.42. The van der Waals surface area contributed by atoms with Crippen molar-refractivity contribution >= 4 is 5.78 Å². The predicted molar refractivity (Wildman–Crippen MR) is 39.2 cm³/mol. The maximum Gasteiger partial charge on any atom is 0.135 e. The van der Waals surface area contributed by atoms with Gasteiger partial charge in [0.1, 0.15) is 5.78 Å². The zero-order chi connectivity index (χ0) is 7.98. The lowest BCUT2D eigenvalue weighted by Gasteiger charge is -2.01. The first-order valence-electron chi connectivity index (χ1n) is 3.79. The molecule has 0 heterocycles. The molecule has 0 aliphatic rings. The number of hydrogen-bond acceptors (Lipinski definition) is 1. The van der Waals surface area contributed by atoms with Crippen LogP contribution in [-0.2, 0) is 9.90 Å². The summed E-state index contributed by atoms with van der Waals surface area (Å²) < 4.78 is 0. The Bertz CT molecular complexity index is 97.4. The van der Waals surface area contributed by atoms with Gasteiger partial charge in [0, 0.05) is 12.3 Å². The molecule has 0 rings (SSSR count). The summed E-state index contributed by atoms with van der Waals surface area (Å²) in [6, 6.07) is 0. The summed E-state index contributed by atoms with van der Waals surface area (Å²) in [6.45, 7) is 3.73. The summed E-state index contributed by atoms with van der Waals surface area (Å²) in [5, 5.41) is 9.97. The molecular formula is C8H15O2. The van der Waals surface area contributed by atoms with Crippen LogP contribution in [0.15, 0.2) is 0 Å². The van der Waals surface area contributed by atoms with Crippen molar-refractivity contribution in [3.63, 3.8) is 0 Å². The van der Waals surface area contributed by atoms with Crippen LogP contribution in [0.3, 0.4) is 0 Å². The molecule has 0 aliphatic carbocycles. The smallest absolute Gasteiger partial charge is 0.135 e. The molecule has 2 heteroatoms. The van der Waals surface area contributed by atoms with E-state index < -0.39 is 0 Å². The van der Waals surface area contributed by atoms with Gasteiger partial charge >= 0.3 is 0 Å². The van der Waals surface area contributed by atoms with Gasteiger partial charge in [0.2, 0.25) is 0 Å². The molecular weight excluding hydrogens is 128 g/mol. The summed E-state index contributed by atoms with van der Waals surface area (Å²) in [6.07, 6.45) is 1.98. The highest BCUT2D eigenvalue weighted by Crippen LogP contribution is 2.03. The first-order valence-corrected chi connectivity index (χ1v) is 3.79. The third-order valence-electron chi connectivity index (χ3n) is 1.46. The summed E-state index contributed by atoms with van der Waals surface area (Å²) in [5.74, 6) is 0.403. The number of hydrogen-bond donors (Lipinski definition) is 0. The van der Waals surface area contributed by atoms with Crippen LogP contribution in [0.1, 0.15) is 33.1 Å². The van der Waals surface area contributed by atoms with E-state index in [9.17, 15) is 9.90 Å². The average molecular weight is 143 g/mol. The predicted octanol–water partition coefficient (Wildman–Crippen LogP) is 1.81. The van der Waals surface area contributed by atoms with E-state index in [-0.39, 0.29) is 18.3 Å². The van der Waals surface area contributed by atoms with Gasteiger partial charge in [-0.05, 0) is 12.8 Å². The maximum atomic E-state index is 10.9. The molecule has 0 saturated carbocycles. The number of unbranched alkanes of at least 4 members (excludes halogenated alkanes) is 1. The van der Waals surface area contributed by atoms with Crippen molar-refractivity contribution < 1.29 is 9.90 Å². The second-order valence-electron chi connectivity index (χ2n) is 2.78. The summed E-state index contributed by atoms with van der Waals surface area (Å²) in [7, 11) is 0. The molecule has 10 heavy (non-hydrogen) atoms. The molecule has 0 unspecified atom stereocenters. The van der Waals surface area contributed by atoms with Gasteiger partial charge in [-0.1, -0.05) is 13.8 Å². The van der Waals surface area contributed by atoms with E-state index in [2.05, 4.69) is 0 Å². The fraction of sp³-hybridized carbons (Fsp3) is 0.875. The van der Waals surface area contributed by atoms with E-state index in [4.69, 9.17) is 0 Å². The molecule has 0 bridgehead atoms. The average Bonchev–Trinajstić information content (AvgIpc) is 1.88. The standard InChI is InChI=1S/C8H15O2/c1-7(2)8(10)5-3-4-6-9/h7H,3-6H2,1-2H3. The lowest BCUT2D eigenvalue weighted by Crippen LogP contribution is -2.06. The topological polar surface area (TPSA) is 37.0 Å². The van der Waals surface area contributed by atoms with Gasteiger partial charge in [0.05, 0.1) is 6.61 Å². The zero-order valence-corrected chi connectivity index (χ0v) is 6.72. The molecule has 0 aromatic rings. The van der Waals surface area contributed by atoms with E-state index in [0.29, 0.717) is 12.8 Å². The van der Waals surface area contributed by atoms with E-state index in [0.717, 1.165) is 6.42 Å². The number of rotatable bonds is 5. The van der Waals surface area contributed by atoms with Gasteiger partial charge in [-0.15, -0.1) is 0 Å². The quantitative estimate of drug-likeness (QED) is 0.541. The Hall–Kier alpha value is -0.370. The Morgan fingerprint density at radius 1 is 1.30 bits per heavy atom. The third-order valence-corrected chi connectivity index (χ3v) is 1.46. The second-order valence-corrected chi connectivity index (χ2v) is 2.78. The highest BCUT2D eigenvalue weighted by atomic mass is 16.2. The lowest BCUT2D eigenvalue weighted by atomic mass is 10.0. The van der Waals surface area contributed by atoms with Gasteiger partial charge in [0.25, 0.3) is 0 Å². The first kappa shape index (κ1) is 9.63. The van der Waals surface area contributed by atoms with Crippen molar-refractivity contribution in [3.8, 4) is 0 Å². The molecule has 0 aliphatic heterocycles. The SMILES string of the molecule is CC(C)C(=O)CCCC[O]. The maximum absolute atomic E-state index is 10.9. The fourth-order valence-electron chi connectivity index (χ4n) is 0.690. The van der Waals surface area contributed by atoms with Gasteiger partial charge in [-0.25, -0.2) is 5.11 Å². The van der Waals surface area contributed by atoms with E-state index >= 15 is 0 Å². The van der Waals surface area contributed by atoms with Gasteiger partial charge in [0.15, 0.2) is 0 Å². The van der Waals surface area contributed by atoms with E-state index in [1.54, 1.807) is 0 Å². The number of carbonyl (C=O) groups is 1. The van der Waals surface area contributed by atoms with E-state index in [1.807, 2.05) is 13.8 Å². The van der Waals surface area contributed by atoms with Crippen molar-refractivity contribution in [1.29, 1.82) is 0 Å².